The standard InChI is InChI=1S/C13H23N3O2/c1-4-18-7-5-13-15-11(2)9-12(16-13)10-14-6-8-17-3/h9,14H,4-8,10H2,1-3H3. The zero-order valence-electron chi connectivity index (χ0n) is 11.5. The van der Waals surface area contributed by atoms with E-state index < -0.39 is 0 Å². The largest absolute Gasteiger partial charge is 0.383 e. The number of ether oxygens (including phenoxy) is 2. The van der Waals surface area contributed by atoms with Crippen molar-refractivity contribution in [2.75, 3.05) is 33.5 Å². The van der Waals surface area contributed by atoms with Crippen LogP contribution in [0, 0.1) is 6.92 Å². The van der Waals surface area contributed by atoms with Crippen molar-refractivity contribution < 1.29 is 9.47 Å². The van der Waals surface area contributed by atoms with E-state index in [1.165, 1.54) is 0 Å². The van der Waals surface area contributed by atoms with Gasteiger partial charge in [0.25, 0.3) is 0 Å². The molecule has 0 radical (unpaired) electrons. The van der Waals surface area contributed by atoms with E-state index >= 15 is 0 Å². The van der Waals surface area contributed by atoms with Crippen LogP contribution in [-0.4, -0.2) is 43.4 Å². The lowest BCUT2D eigenvalue weighted by atomic mass is 10.3. The van der Waals surface area contributed by atoms with Crippen LogP contribution in [0.15, 0.2) is 6.07 Å². The van der Waals surface area contributed by atoms with Crippen molar-refractivity contribution in [3.63, 3.8) is 0 Å². The molecule has 1 aromatic heterocycles. The molecule has 0 saturated heterocycles. The van der Waals surface area contributed by atoms with E-state index in [2.05, 4.69) is 15.3 Å². The number of aromatic nitrogens is 2. The molecule has 0 aliphatic heterocycles. The zero-order valence-corrected chi connectivity index (χ0v) is 11.5. The minimum atomic E-state index is 0.677. The second kappa shape index (κ2) is 8.97. The van der Waals surface area contributed by atoms with Crippen LogP contribution >= 0.6 is 0 Å². The maximum atomic E-state index is 5.32. The van der Waals surface area contributed by atoms with Crippen LogP contribution in [0.25, 0.3) is 0 Å². The molecule has 0 spiro atoms. The fourth-order valence-corrected chi connectivity index (χ4v) is 1.60. The van der Waals surface area contributed by atoms with Gasteiger partial charge in [0, 0.05) is 38.9 Å². The van der Waals surface area contributed by atoms with Gasteiger partial charge in [0.05, 0.1) is 18.9 Å². The van der Waals surface area contributed by atoms with Gasteiger partial charge in [-0.1, -0.05) is 0 Å². The van der Waals surface area contributed by atoms with Crippen LogP contribution in [0.1, 0.15) is 24.1 Å². The van der Waals surface area contributed by atoms with Crippen molar-refractivity contribution in [2.45, 2.75) is 26.8 Å². The molecule has 0 atom stereocenters. The molecule has 0 bridgehead atoms. The number of aryl methyl sites for hydroxylation is 1. The SMILES string of the molecule is CCOCCc1nc(C)cc(CNCCOC)n1. The smallest absolute Gasteiger partial charge is 0.131 e. The summed E-state index contributed by atoms with van der Waals surface area (Å²) < 4.78 is 10.3. The van der Waals surface area contributed by atoms with Gasteiger partial charge in [-0.2, -0.15) is 0 Å². The van der Waals surface area contributed by atoms with Crippen LogP contribution in [-0.2, 0) is 22.4 Å². The Kier molecular flexibility index (Phi) is 7.48. The van der Waals surface area contributed by atoms with Crippen molar-refractivity contribution >= 4 is 0 Å². The van der Waals surface area contributed by atoms with Crippen LogP contribution in [0.3, 0.4) is 0 Å². The van der Waals surface area contributed by atoms with Crippen molar-refractivity contribution in [3.05, 3.63) is 23.3 Å². The Balaban J connectivity index is 2.46. The molecule has 0 aliphatic rings. The summed E-state index contributed by atoms with van der Waals surface area (Å²) in [5.74, 6) is 0.854. The minimum Gasteiger partial charge on any atom is -0.383 e. The summed E-state index contributed by atoms with van der Waals surface area (Å²) >= 11 is 0. The lowest BCUT2D eigenvalue weighted by molar-refractivity contribution is 0.149. The maximum absolute atomic E-state index is 5.32. The first-order valence-electron chi connectivity index (χ1n) is 6.37. The van der Waals surface area contributed by atoms with Gasteiger partial charge in [-0.25, -0.2) is 9.97 Å². The van der Waals surface area contributed by atoms with Crippen molar-refractivity contribution in [2.24, 2.45) is 0 Å². The summed E-state index contributed by atoms with van der Waals surface area (Å²) in [6, 6.07) is 2.00. The number of methoxy groups -OCH3 is 1. The van der Waals surface area contributed by atoms with E-state index in [-0.39, 0.29) is 0 Å². The molecule has 0 aromatic carbocycles. The van der Waals surface area contributed by atoms with E-state index in [1.54, 1.807) is 7.11 Å². The molecule has 1 aromatic rings. The van der Waals surface area contributed by atoms with E-state index in [0.29, 0.717) is 13.2 Å². The highest BCUT2D eigenvalue weighted by atomic mass is 16.5. The highest BCUT2D eigenvalue weighted by Gasteiger charge is 2.02. The first-order valence-corrected chi connectivity index (χ1v) is 6.37. The molecule has 5 heteroatoms. The van der Waals surface area contributed by atoms with E-state index in [9.17, 15) is 0 Å². The van der Waals surface area contributed by atoms with Crippen molar-refractivity contribution in [1.29, 1.82) is 0 Å². The van der Waals surface area contributed by atoms with Gasteiger partial charge in [0.2, 0.25) is 0 Å². The quantitative estimate of drug-likeness (QED) is 0.668. The van der Waals surface area contributed by atoms with Gasteiger partial charge in [-0.15, -0.1) is 0 Å². The highest BCUT2D eigenvalue weighted by molar-refractivity contribution is 5.10. The molecule has 1 rings (SSSR count). The molecule has 0 saturated carbocycles. The monoisotopic (exact) mass is 253 g/mol. The lowest BCUT2D eigenvalue weighted by Crippen LogP contribution is -2.20. The maximum Gasteiger partial charge on any atom is 0.131 e. The van der Waals surface area contributed by atoms with Gasteiger partial charge in [0.15, 0.2) is 0 Å². The highest BCUT2D eigenvalue weighted by Crippen LogP contribution is 2.01. The number of rotatable bonds is 9. The molecule has 0 unspecified atom stereocenters. The Labute approximate surface area is 109 Å². The summed E-state index contributed by atoms with van der Waals surface area (Å²) in [5, 5.41) is 3.28. The Morgan fingerprint density at radius 2 is 2.11 bits per heavy atom. The molecule has 1 heterocycles. The van der Waals surface area contributed by atoms with Crippen LogP contribution in [0.4, 0.5) is 0 Å². The van der Waals surface area contributed by atoms with Gasteiger partial charge in [-0.05, 0) is 19.9 Å². The molecule has 0 amide bonds. The summed E-state index contributed by atoms with van der Waals surface area (Å²) in [7, 11) is 1.70. The predicted molar refractivity (Wildman–Crippen MR) is 70.5 cm³/mol. The molecule has 1 N–H and O–H groups in total. The van der Waals surface area contributed by atoms with Crippen LogP contribution in [0.5, 0.6) is 0 Å². The first kappa shape index (κ1) is 15.0. The molecular formula is C13H23N3O2. The number of hydrogen-bond donors (Lipinski definition) is 1. The van der Waals surface area contributed by atoms with Gasteiger partial charge in [0.1, 0.15) is 5.82 Å². The molecule has 0 fully saturated rings. The van der Waals surface area contributed by atoms with E-state index in [1.807, 2.05) is 19.9 Å². The second-order valence-corrected chi connectivity index (χ2v) is 4.03. The Morgan fingerprint density at radius 3 is 2.83 bits per heavy atom. The third kappa shape index (κ3) is 6.05. The van der Waals surface area contributed by atoms with Crippen molar-refractivity contribution in [3.8, 4) is 0 Å². The van der Waals surface area contributed by atoms with Crippen LogP contribution < -0.4 is 5.32 Å². The van der Waals surface area contributed by atoms with E-state index in [0.717, 1.165) is 43.3 Å². The minimum absolute atomic E-state index is 0.677. The molecule has 0 aliphatic carbocycles. The van der Waals surface area contributed by atoms with E-state index in [4.69, 9.17) is 9.47 Å². The van der Waals surface area contributed by atoms with Crippen molar-refractivity contribution in [1.82, 2.24) is 15.3 Å². The normalized spacial score (nSPS) is 10.8. The second-order valence-electron chi connectivity index (χ2n) is 4.03. The Hall–Kier alpha value is -1.04. The lowest BCUT2D eigenvalue weighted by Gasteiger charge is -2.07. The van der Waals surface area contributed by atoms with Gasteiger partial charge >= 0.3 is 0 Å². The third-order valence-electron chi connectivity index (χ3n) is 2.42. The molecule has 5 nitrogen and oxygen atoms in total. The molecule has 102 valence electrons. The number of hydrogen-bond acceptors (Lipinski definition) is 5. The Bertz CT molecular complexity index is 345. The summed E-state index contributed by atoms with van der Waals surface area (Å²) in [6.07, 6.45) is 0.764. The fourth-order valence-electron chi connectivity index (χ4n) is 1.60. The Morgan fingerprint density at radius 1 is 1.28 bits per heavy atom. The molecule has 18 heavy (non-hydrogen) atoms. The average molecular weight is 253 g/mol. The predicted octanol–water partition coefficient (Wildman–Crippen LogP) is 1.10. The van der Waals surface area contributed by atoms with Crippen LogP contribution in [0.2, 0.25) is 0 Å². The summed E-state index contributed by atoms with van der Waals surface area (Å²) in [4.78, 5) is 8.92. The fraction of sp³-hybridized carbons (Fsp3) is 0.692. The topological polar surface area (TPSA) is 56.3 Å². The summed E-state index contributed by atoms with van der Waals surface area (Å²) in [5.41, 5.74) is 2.02. The number of nitrogens with zero attached hydrogens (tertiary/aromatic N) is 2. The average Bonchev–Trinajstić information content (AvgIpc) is 2.34. The zero-order chi connectivity index (χ0) is 13.2. The van der Waals surface area contributed by atoms with Gasteiger partial charge < -0.3 is 14.8 Å². The van der Waals surface area contributed by atoms with Gasteiger partial charge in [-0.3, -0.25) is 0 Å². The third-order valence-corrected chi connectivity index (χ3v) is 2.42. The summed E-state index contributed by atoms with van der Waals surface area (Å²) in [6.45, 7) is 7.67. The number of nitrogens with one attached hydrogen (secondary N) is 1. The first-order chi connectivity index (χ1) is 8.76. The molecular weight excluding hydrogens is 230 g/mol.